The van der Waals surface area contributed by atoms with Crippen LogP contribution >= 0.6 is 0 Å². The van der Waals surface area contributed by atoms with Gasteiger partial charge in [-0.25, -0.2) is 14.7 Å². The lowest BCUT2D eigenvalue weighted by Crippen LogP contribution is -2.44. The summed E-state index contributed by atoms with van der Waals surface area (Å²) in [6.07, 6.45) is 2.73. The fourth-order valence-electron chi connectivity index (χ4n) is 1.26. The highest BCUT2D eigenvalue weighted by molar-refractivity contribution is 7.90. The molecule has 2 heterocycles. The minimum absolute atomic E-state index is 0.109. The second-order valence-electron chi connectivity index (χ2n) is 4.03. The zero-order valence-electron chi connectivity index (χ0n) is 9.51. The highest BCUT2D eigenvalue weighted by atomic mass is 32.2. The van der Waals surface area contributed by atoms with Gasteiger partial charge in [0.15, 0.2) is 5.82 Å². The first-order chi connectivity index (χ1) is 7.99. The van der Waals surface area contributed by atoms with Crippen LogP contribution in [0.15, 0.2) is 22.4 Å². The molecule has 1 aromatic heterocycles. The van der Waals surface area contributed by atoms with Gasteiger partial charge in [0.2, 0.25) is 11.0 Å². The van der Waals surface area contributed by atoms with Gasteiger partial charge in [-0.05, 0) is 5.92 Å². The Morgan fingerprint density at radius 2 is 2.06 bits per heavy atom. The molecule has 0 saturated carbocycles. The summed E-state index contributed by atoms with van der Waals surface area (Å²) in [5.41, 5.74) is 0. The first-order valence-corrected chi connectivity index (χ1v) is 6.64. The van der Waals surface area contributed by atoms with Crippen molar-refractivity contribution < 1.29 is 8.42 Å². The molecule has 0 radical (unpaired) electrons. The smallest absolute Gasteiger partial charge is 0.285 e. The number of sulfonamides is 1. The van der Waals surface area contributed by atoms with Crippen molar-refractivity contribution in [3.05, 3.63) is 12.4 Å². The van der Waals surface area contributed by atoms with Crippen molar-refractivity contribution in [2.45, 2.75) is 18.9 Å². The van der Waals surface area contributed by atoms with Crippen molar-refractivity contribution in [3.8, 4) is 0 Å². The molecule has 92 valence electrons. The van der Waals surface area contributed by atoms with Crippen molar-refractivity contribution in [1.29, 1.82) is 0 Å². The molecule has 0 saturated heterocycles. The molecule has 0 amide bonds. The molecule has 0 aliphatic carbocycles. The Bertz CT molecular complexity index is 552. The number of rotatable bonds is 2. The van der Waals surface area contributed by atoms with Crippen molar-refractivity contribution in [2.24, 2.45) is 10.9 Å². The van der Waals surface area contributed by atoms with Gasteiger partial charge in [0.25, 0.3) is 10.0 Å². The number of aromatic nitrogens is 2. The molecule has 0 unspecified atom stereocenters. The molecule has 2 N–H and O–H groups in total. The molecule has 0 spiro atoms. The zero-order valence-corrected chi connectivity index (χ0v) is 10.3. The number of hydrogen-bond acceptors (Lipinski definition) is 6. The summed E-state index contributed by atoms with van der Waals surface area (Å²) in [4.78, 5) is 11.7. The summed E-state index contributed by atoms with van der Waals surface area (Å²) in [5, 5.41) is 2.77. The maximum absolute atomic E-state index is 11.8. The van der Waals surface area contributed by atoms with Gasteiger partial charge in [-0.15, -0.1) is 0 Å². The Hall–Kier alpha value is -1.70. The molecule has 17 heavy (non-hydrogen) atoms. The van der Waals surface area contributed by atoms with Crippen LogP contribution in [0, 0.1) is 5.92 Å². The lowest BCUT2D eigenvalue weighted by molar-refractivity contribution is 0.581. The molecule has 1 aromatic rings. The molecule has 1 aliphatic rings. The standard InChI is InChI=1S/C9H13N5O2S/c1-6(2)5-12-9-13-7-8(11-4-3-10-7)17(15,16)14-9/h3-4,6H,5H2,1-2H3,(H2,10,12,13,14). The monoisotopic (exact) mass is 255 g/mol. The summed E-state index contributed by atoms with van der Waals surface area (Å²) >= 11 is 0. The van der Waals surface area contributed by atoms with Gasteiger partial charge < -0.3 is 5.32 Å². The van der Waals surface area contributed by atoms with Crippen molar-refractivity contribution in [3.63, 3.8) is 0 Å². The Labute approximate surface area is 99.4 Å². The molecule has 0 bridgehead atoms. The highest BCUT2D eigenvalue weighted by Crippen LogP contribution is 2.21. The molecule has 2 rings (SSSR count). The van der Waals surface area contributed by atoms with Crippen LogP contribution < -0.4 is 10.0 Å². The summed E-state index contributed by atoms with van der Waals surface area (Å²) in [6.45, 7) is 4.65. The maximum atomic E-state index is 11.8. The zero-order chi connectivity index (χ0) is 12.5. The van der Waals surface area contributed by atoms with E-state index in [9.17, 15) is 8.42 Å². The molecule has 7 nitrogen and oxygen atoms in total. The fraction of sp³-hybridized carbons (Fsp3) is 0.444. The molecule has 0 atom stereocenters. The van der Waals surface area contributed by atoms with Gasteiger partial charge >= 0.3 is 0 Å². The highest BCUT2D eigenvalue weighted by Gasteiger charge is 2.27. The van der Waals surface area contributed by atoms with E-state index in [-0.39, 0.29) is 16.8 Å². The van der Waals surface area contributed by atoms with Gasteiger partial charge in [0.05, 0.1) is 0 Å². The first kappa shape index (κ1) is 11.8. The second kappa shape index (κ2) is 4.28. The normalized spacial score (nSPS) is 17.0. The number of nitrogens with one attached hydrogen (secondary N) is 2. The van der Waals surface area contributed by atoms with Gasteiger partial charge in [0, 0.05) is 18.9 Å². The van der Waals surface area contributed by atoms with E-state index >= 15 is 0 Å². The number of fused-ring (bicyclic) bond motifs is 1. The minimum atomic E-state index is -3.66. The van der Waals surface area contributed by atoms with E-state index in [1.165, 1.54) is 12.4 Å². The van der Waals surface area contributed by atoms with Crippen LogP contribution in [0.2, 0.25) is 0 Å². The SMILES string of the molecule is CC(C)CNC1=Nc2nccnc2S(=O)(=O)N1. The summed E-state index contributed by atoms with van der Waals surface area (Å²) < 4.78 is 25.9. The Balaban J connectivity index is 2.32. The Morgan fingerprint density at radius 3 is 2.76 bits per heavy atom. The van der Waals surface area contributed by atoms with E-state index in [0.29, 0.717) is 12.5 Å². The van der Waals surface area contributed by atoms with Crippen LogP contribution in [0.1, 0.15) is 13.8 Å². The Morgan fingerprint density at radius 1 is 1.35 bits per heavy atom. The third kappa shape index (κ3) is 2.52. The van der Waals surface area contributed by atoms with Crippen LogP contribution in [0.3, 0.4) is 0 Å². The van der Waals surface area contributed by atoms with Crippen LogP contribution in [0.5, 0.6) is 0 Å². The van der Waals surface area contributed by atoms with Crippen molar-refractivity contribution >= 4 is 21.8 Å². The van der Waals surface area contributed by atoms with Gasteiger partial charge in [0.1, 0.15) is 0 Å². The predicted molar refractivity (Wildman–Crippen MR) is 62.3 cm³/mol. The quantitative estimate of drug-likeness (QED) is 0.775. The van der Waals surface area contributed by atoms with Gasteiger partial charge in [-0.2, -0.15) is 13.4 Å². The predicted octanol–water partition coefficient (Wildman–Crippen LogP) is 0.00160. The largest absolute Gasteiger partial charge is 0.355 e. The van der Waals surface area contributed by atoms with E-state index in [1.807, 2.05) is 13.8 Å². The lowest BCUT2D eigenvalue weighted by Gasteiger charge is -2.17. The average molecular weight is 255 g/mol. The van der Waals surface area contributed by atoms with E-state index < -0.39 is 10.0 Å². The number of aliphatic imine (C=N–C) groups is 1. The molecular formula is C9H13N5O2S. The third-order valence-electron chi connectivity index (χ3n) is 2.03. The molecule has 8 heteroatoms. The maximum Gasteiger partial charge on any atom is 0.285 e. The molecular weight excluding hydrogens is 242 g/mol. The van der Waals surface area contributed by atoms with Crippen LogP contribution in [-0.2, 0) is 10.0 Å². The third-order valence-corrected chi connectivity index (χ3v) is 3.29. The lowest BCUT2D eigenvalue weighted by atomic mass is 10.2. The number of hydrogen-bond donors (Lipinski definition) is 2. The summed E-state index contributed by atoms with van der Waals surface area (Å²) in [7, 11) is -3.66. The second-order valence-corrected chi connectivity index (χ2v) is 5.62. The number of guanidine groups is 1. The van der Waals surface area contributed by atoms with E-state index in [4.69, 9.17) is 0 Å². The van der Waals surface area contributed by atoms with Crippen LogP contribution in [-0.4, -0.2) is 30.9 Å². The van der Waals surface area contributed by atoms with E-state index in [1.54, 1.807) is 0 Å². The number of nitrogens with zero attached hydrogens (tertiary/aromatic N) is 3. The van der Waals surface area contributed by atoms with E-state index in [0.717, 1.165) is 0 Å². The molecule has 0 fully saturated rings. The van der Waals surface area contributed by atoms with Crippen molar-refractivity contribution in [1.82, 2.24) is 20.0 Å². The van der Waals surface area contributed by atoms with Gasteiger partial charge in [-0.1, -0.05) is 13.8 Å². The first-order valence-electron chi connectivity index (χ1n) is 5.15. The topological polar surface area (TPSA) is 96.3 Å². The van der Waals surface area contributed by atoms with E-state index in [2.05, 4.69) is 25.0 Å². The van der Waals surface area contributed by atoms with Gasteiger partial charge in [-0.3, -0.25) is 0 Å². The summed E-state index contributed by atoms with van der Waals surface area (Å²) in [6, 6.07) is 0. The Kier molecular flexibility index (Phi) is 2.97. The minimum Gasteiger partial charge on any atom is -0.355 e. The fourth-order valence-corrected chi connectivity index (χ4v) is 2.27. The van der Waals surface area contributed by atoms with Crippen LogP contribution in [0.4, 0.5) is 5.82 Å². The van der Waals surface area contributed by atoms with Crippen LogP contribution in [0.25, 0.3) is 0 Å². The molecule has 0 aromatic carbocycles. The molecule has 1 aliphatic heterocycles. The average Bonchev–Trinajstić information content (AvgIpc) is 2.25. The van der Waals surface area contributed by atoms with Crippen molar-refractivity contribution in [2.75, 3.05) is 6.54 Å². The summed E-state index contributed by atoms with van der Waals surface area (Å²) in [5.74, 6) is 0.676.